The molecular weight excluding hydrogens is 405 g/mol. The number of aromatic nitrogens is 1. The second kappa shape index (κ2) is 9.75. The van der Waals surface area contributed by atoms with Crippen LogP contribution in [0.1, 0.15) is 56.4 Å². The maximum atomic E-state index is 6.91. The lowest BCUT2D eigenvalue weighted by Crippen LogP contribution is -2.37. The van der Waals surface area contributed by atoms with Gasteiger partial charge in [-0.1, -0.05) is 68.2 Å². The maximum Gasteiger partial charge on any atom is 0.192 e. The van der Waals surface area contributed by atoms with E-state index >= 15 is 0 Å². The van der Waals surface area contributed by atoms with Gasteiger partial charge in [0.15, 0.2) is 8.32 Å². The van der Waals surface area contributed by atoms with Crippen LogP contribution >= 0.6 is 23.2 Å². The van der Waals surface area contributed by atoms with E-state index in [0.29, 0.717) is 16.0 Å². The van der Waals surface area contributed by atoms with Crippen molar-refractivity contribution in [3.63, 3.8) is 0 Å². The topological polar surface area (TPSA) is 22.1 Å². The summed E-state index contributed by atoms with van der Waals surface area (Å²) in [5.74, 6) is 0.670. The summed E-state index contributed by atoms with van der Waals surface area (Å²) in [4.78, 5) is 4.14. The Morgan fingerprint density at radius 3 is 2.04 bits per heavy atom. The van der Waals surface area contributed by atoms with Crippen LogP contribution in [0, 0.1) is 5.92 Å². The molecule has 1 aliphatic carbocycles. The molecule has 28 heavy (non-hydrogen) atoms. The molecule has 3 rings (SSSR count). The molecule has 1 aliphatic rings. The lowest BCUT2D eigenvalue weighted by atomic mass is 9.96. The molecule has 2 nitrogen and oxygen atoms in total. The van der Waals surface area contributed by atoms with Gasteiger partial charge < -0.3 is 4.43 Å². The zero-order valence-corrected chi connectivity index (χ0v) is 19.7. The number of benzene rings is 1. The third-order valence-corrected chi connectivity index (χ3v) is 11.8. The van der Waals surface area contributed by atoms with Gasteiger partial charge in [0.1, 0.15) is 0 Å². The van der Waals surface area contributed by atoms with E-state index in [4.69, 9.17) is 27.6 Å². The van der Waals surface area contributed by atoms with Crippen LogP contribution in [0.5, 0.6) is 0 Å². The van der Waals surface area contributed by atoms with Crippen LogP contribution in [0.4, 0.5) is 0 Å². The molecule has 0 fully saturated rings. The summed E-state index contributed by atoms with van der Waals surface area (Å²) in [5.41, 5.74) is 3.94. The van der Waals surface area contributed by atoms with Crippen LogP contribution in [0.3, 0.4) is 0 Å². The van der Waals surface area contributed by atoms with Crippen molar-refractivity contribution in [1.29, 1.82) is 0 Å². The first-order valence-corrected chi connectivity index (χ1v) is 13.8. The van der Waals surface area contributed by atoms with E-state index in [1.54, 1.807) is 12.4 Å². The predicted molar refractivity (Wildman–Crippen MR) is 122 cm³/mol. The molecule has 5 heteroatoms. The van der Waals surface area contributed by atoms with Gasteiger partial charge in [-0.2, -0.15) is 0 Å². The number of rotatable bonds is 9. The van der Waals surface area contributed by atoms with Crippen LogP contribution in [0.25, 0.3) is 0 Å². The van der Waals surface area contributed by atoms with Gasteiger partial charge in [-0.3, -0.25) is 4.98 Å². The van der Waals surface area contributed by atoms with E-state index in [9.17, 15) is 0 Å². The first-order chi connectivity index (χ1) is 13.5. The fourth-order valence-electron chi connectivity index (χ4n) is 4.53. The van der Waals surface area contributed by atoms with Gasteiger partial charge in [0.2, 0.25) is 0 Å². The predicted octanol–water partition coefficient (Wildman–Crippen LogP) is 7.65. The SMILES string of the molecule is CC[Si](CC)(CC)OC(CCC1Cc2ccccc2C1)c1c(Cl)cncc1Cl. The normalized spacial score (nSPS) is 15.6. The first-order valence-electron chi connectivity index (χ1n) is 10.5. The smallest absolute Gasteiger partial charge is 0.192 e. The largest absolute Gasteiger partial charge is 0.410 e. The molecular formula is C23H31Cl2NOSi. The summed E-state index contributed by atoms with van der Waals surface area (Å²) in [7, 11) is -1.79. The zero-order valence-electron chi connectivity index (χ0n) is 17.2. The number of halogens is 2. The van der Waals surface area contributed by atoms with Gasteiger partial charge in [-0.25, -0.2) is 0 Å². The van der Waals surface area contributed by atoms with Crippen molar-refractivity contribution in [2.24, 2.45) is 5.92 Å². The number of hydrogen-bond donors (Lipinski definition) is 0. The number of hydrogen-bond acceptors (Lipinski definition) is 2. The Hall–Kier alpha value is -0.873. The number of nitrogens with zero attached hydrogens (tertiary/aromatic N) is 1. The minimum absolute atomic E-state index is 0.0433. The fourth-order valence-corrected chi connectivity index (χ4v) is 7.98. The summed E-state index contributed by atoms with van der Waals surface area (Å²) in [6.07, 6.45) is 7.75. The number of pyridine rings is 1. The summed E-state index contributed by atoms with van der Waals surface area (Å²) in [6, 6.07) is 12.2. The molecule has 0 saturated carbocycles. The van der Waals surface area contributed by atoms with Crippen molar-refractivity contribution >= 4 is 31.5 Å². The molecule has 0 radical (unpaired) electrons. The van der Waals surface area contributed by atoms with E-state index in [1.165, 1.54) is 24.0 Å². The van der Waals surface area contributed by atoms with Gasteiger partial charge in [0, 0.05) is 18.0 Å². The van der Waals surface area contributed by atoms with Crippen LogP contribution in [0.15, 0.2) is 36.7 Å². The Morgan fingerprint density at radius 2 is 1.54 bits per heavy atom. The minimum atomic E-state index is -1.79. The average molecular weight is 436 g/mol. The van der Waals surface area contributed by atoms with Crippen molar-refractivity contribution in [1.82, 2.24) is 4.98 Å². The third kappa shape index (κ3) is 4.81. The third-order valence-electron chi connectivity index (χ3n) is 6.51. The van der Waals surface area contributed by atoms with Crippen molar-refractivity contribution in [2.45, 2.75) is 70.7 Å². The van der Waals surface area contributed by atoms with Crippen LogP contribution in [-0.2, 0) is 17.3 Å². The average Bonchev–Trinajstić information content (AvgIpc) is 3.12. The Bertz CT molecular complexity index is 740. The molecule has 0 bridgehead atoms. The van der Waals surface area contributed by atoms with Gasteiger partial charge in [0.25, 0.3) is 0 Å². The number of fused-ring (bicyclic) bond motifs is 1. The molecule has 0 aliphatic heterocycles. The highest BCUT2D eigenvalue weighted by Gasteiger charge is 2.34. The molecule has 0 spiro atoms. The summed E-state index contributed by atoms with van der Waals surface area (Å²) in [6.45, 7) is 6.79. The highest BCUT2D eigenvalue weighted by atomic mass is 35.5. The molecule has 0 saturated heterocycles. The Balaban J connectivity index is 1.79. The zero-order chi connectivity index (χ0) is 20.1. The molecule has 1 aromatic carbocycles. The van der Waals surface area contributed by atoms with Crippen LogP contribution in [0.2, 0.25) is 28.2 Å². The van der Waals surface area contributed by atoms with Crippen LogP contribution in [-0.4, -0.2) is 13.3 Å². The van der Waals surface area contributed by atoms with Crippen molar-refractivity contribution < 1.29 is 4.43 Å². The van der Waals surface area contributed by atoms with E-state index in [1.807, 2.05) is 0 Å². The Morgan fingerprint density at radius 1 is 1.00 bits per heavy atom. The molecule has 1 aromatic heterocycles. The maximum absolute atomic E-state index is 6.91. The second-order valence-corrected chi connectivity index (χ2v) is 13.5. The lowest BCUT2D eigenvalue weighted by molar-refractivity contribution is 0.169. The quantitative estimate of drug-likeness (QED) is 0.377. The van der Waals surface area contributed by atoms with E-state index in [-0.39, 0.29) is 6.10 Å². The molecule has 1 atom stereocenters. The van der Waals surface area contributed by atoms with Crippen molar-refractivity contribution in [3.8, 4) is 0 Å². The highest BCUT2D eigenvalue weighted by molar-refractivity contribution is 6.73. The van der Waals surface area contributed by atoms with E-state index in [2.05, 4.69) is 50.0 Å². The summed E-state index contributed by atoms with van der Waals surface area (Å²) < 4.78 is 6.91. The van der Waals surface area contributed by atoms with Crippen molar-refractivity contribution in [2.75, 3.05) is 0 Å². The summed E-state index contributed by atoms with van der Waals surface area (Å²) >= 11 is 13.1. The van der Waals surface area contributed by atoms with E-state index in [0.717, 1.165) is 36.5 Å². The standard InChI is InChI=1S/C23H31Cl2NOSi/c1-4-28(5-2,6-3)27-22(23-20(24)15-26-16-21(23)25)12-11-17-13-18-9-7-8-10-19(18)14-17/h7-10,15-17,22H,4-6,11-14H2,1-3H3. The van der Waals surface area contributed by atoms with Crippen LogP contribution < -0.4 is 0 Å². The molecule has 152 valence electrons. The fraction of sp³-hybridized carbons (Fsp3) is 0.522. The van der Waals surface area contributed by atoms with E-state index < -0.39 is 8.32 Å². The first kappa shape index (κ1) is 21.8. The lowest BCUT2D eigenvalue weighted by Gasteiger charge is -2.34. The van der Waals surface area contributed by atoms with Gasteiger partial charge >= 0.3 is 0 Å². The van der Waals surface area contributed by atoms with Gasteiger partial charge in [-0.15, -0.1) is 0 Å². The van der Waals surface area contributed by atoms with Gasteiger partial charge in [-0.05, 0) is 60.9 Å². The molecule has 0 N–H and O–H groups in total. The second-order valence-electron chi connectivity index (χ2n) is 7.99. The molecule has 1 heterocycles. The monoisotopic (exact) mass is 435 g/mol. The summed E-state index contributed by atoms with van der Waals surface area (Å²) in [5, 5.41) is 1.25. The Kier molecular flexibility index (Phi) is 7.60. The minimum Gasteiger partial charge on any atom is -0.410 e. The molecule has 0 amide bonds. The van der Waals surface area contributed by atoms with Crippen molar-refractivity contribution in [3.05, 3.63) is 63.4 Å². The van der Waals surface area contributed by atoms with Gasteiger partial charge in [0.05, 0.1) is 16.1 Å². The molecule has 1 unspecified atom stereocenters. The highest BCUT2D eigenvalue weighted by Crippen LogP contribution is 2.40. The Labute approximate surface area is 180 Å². The molecule has 2 aromatic rings.